The normalized spacial score (nSPS) is 16.0. The second-order valence-electron chi connectivity index (χ2n) is 7.20. The van der Waals surface area contributed by atoms with E-state index in [1.165, 1.54) is 10.5 Å². The number of ether oxygens (including phenoxy) is 2. The highest BCUT2D eigenvalue weighted by atomic mass is 16.5. The highest BCUT2D eigenvalue weighted by molar-refractivity contribution is 5.76. The molecule has 28 heavy (non-hydrogen) atoms. The minimum absolute atomic E-state index is 0.0474. The number of hydrogen-bond donors (Lipinski definition) is 2. The summed E-state index contributed by atoms with van der Waals surface area (Å²) in [5.41, 5.74) is 3.09. The lowest BCUT2D eigenvalue weighted by atomic mass is 10.0. The molecule has 1 aliphatic heterocycles. The van der Waals surface area contributed by atoms with Crippen molar-refractivity contribution in [3.8, 4) is 5.75 Å². The van der Waals surface area contributed by atoms with Crippen LogP contribution in [0.4, 0.5) is 0 Å². The maximum Gasteiger partial charge on any atom is 0.220 e. The van der Waals surface area contributed by atoms with E-state index in [0.29, 0.717) is 19.4 Å². The van der Waals surface area contributed by atoms with Crippen LogP contribution in [0.2, 0.25) is 0 Å². The van der Waals surface area contributed by atoms with Gasteiger partial charge in [-0.15, -0.1) is 0 Å². The number of benzene rings is 1. The van der Waals surface area contributed by atoms with E-state index in [-0.39, 0.29) is 11.9 Å². The number of aromatic nitrogens is 1. The zero-order valence-electron chi connectivity index (χ0n) is 16.9. The van der Waals surface area contributed by atoms with Gasteiger partial charge in [-0.25, -0.2) is 0 Å². The first-order valence-electron chi connectivity index (χ1n) is 9.83. The number of aryl methyl sites for hydroxylation is 2. The third-order valence-corrected chi connectivity index (χ3v) is 5.43. The Morgan fingerprint density at radius 2 is 1.96 bits per heavy atom. The molecule has 0 bridgehead atoms. The van der Waals surface area contributed by atoms with Gasteiger partial charge in [0.1, 0.15) is 30.6 Å². The molecular weight excluding hydrogens is 358 g/mol. The Morgan fingerprint density at radius 3 is 2.57 bits per heavy atom. The molecule has 0 unspecified atom stereocenters. The standard InChI is InChI=1S/C21H29N3O4/c1-15-19(16(2)28-23-15)8-9-21(25)22-14-20(24-10-12-27-13-11-24)17-4-6-18(26-3)7-5-17/h4-7,20H,8-14H2,1-3H3,(H,22,25)/p+1/t20-/m0/s1. The first kappa shape index (κ1) is 20.4. The number of carbonyl (C=O) groups excluding carboxylic acids is 1. The van der Waals surface area contributed by atoms with Crippen molar-refractivity contribution >= 4 is 5.91 Å². The second kappa shape index (κ2) is 9.71. The average molecular weight is 388 g/mol. The molecule has 1 fully saturated rings. The molecule has 0 radical (unpaired) electrons. The van der Waals surface area contributed by atoms with Crippen molar-refractivity contribution in [1.29, 1.82) is 0 Å². The number of morpholine rings is 1. The third kappa shape index (κ3) is 5.11. The number of rotatable bonds is 8. The smallest absolute Gasteiger partial charge is 0.220 e. The van der Waals surface area contributed by atoms with Crippen molar-refractivity contribution in [1.82, 2.24) is 10.5 Å². The number of hydrogen-bond acceptors (Lipinski definition) is 5. The summed E-state index contributed by atoms with van der Waals surface area (Å²) in [5.74, 6) is 1.67. The van der Waals surface area contributed by atoms with Crippen molar-refractivity contribution in [2.75, 3.05) is 40.0 Å². The molecule has 1 atom stereocenters. The Kier molecular flexibility index (Phi) is 7.06. The minimum atomic E-state index is 0.0474. The number of quaternary nitrogens is 1. The van der Waals surface area contributed by atoms with Gasteiger partial charge in [0.2, 0.25) is 5.91 Å². The Morgan fingerprint density at radius 1 is 1.25 bits per heavy atom. The van der Waals surface area contributed by atoms with Crippen molar-refractivity contribution in [3.63, 3.8) is 0 Å². The van der Waals surface area contributed by atoms with Crippen molar-refractivity contribution in [2.24, 2.45) is 0 Å². The number of methoxy groups -OCH3 is 1. The lowest BCUT2D eigenvalue weighted by Crippen LogP contribution is -3.15. The van der Waals surface area contributed by atoms with Crippen LogP contribution >= 0.6 is 0 Å². The maximum absolute atomic E-state index is 12.5. The van der Waals surface area contributed by atoms with Gasteiger partial charge in [-0.05, 0) is 44.5 Å². The van der Waals surface area contributed by atoms with Gasteiger partial charge in [-0.1, -0.05) is 5.16 Å². The molecule has 7 nitrogen and oxygen atoms in total. The molecule has 1 saturated heterocycles. The predicted molar refractivity (Wildman–Crippen MR) is 105 cm³/mol. The molecule has 0 aliphatic carbocycles. The molecule has 2 heterocycles. The second-order valence-corrected chi connectivity index (χ2v) is 7.20. The number of nitrogens with one attached hydrogen (secondary N) is 2. The van der Waals surface area contributed by atoms with Gasteiger partial charge >= 0.3 is 0 Å². The Bertz CT molecular complexity index is 747. The summed E-state index contributed by atoms with van der Waals surface area (Å²) in [4.78, 5) is 13.9. The van der Waals surface area contributed by atoms with Crippen molar-refractivity contribution in [2.45, 2.75) is 32.7 Å². The minimum Gasteiger partial charge on any atom is -0.497 e. The van der Waals surface area contributed by atoms with Crippen LogP contribution in [-0.2, 0) is 16.0 Å². The summed E-state index contributed by atoms with van der Waals surface area (Å²) in [7, 11) is 1.67. The summed E-state index contributed by atoms with van der Waals surface area (Å²) in [6, 6.07) is 8.31. The van der Waals surface area contributed by atoms with E-state index in [4.69, 9.17) is 14.0 Å². The zero-order chi connectivity index (χ0) is 19.9. The molecule has 3 rings (SSSR count). The van der Waals surface area contributed by atoms with E-state index >= 15 is 0 Å². The molecule has 1 aromatic carbocycles. The van der Waals surface area contributed by atoms with E-state index in [2.05, 4.69) is 22.6 Å². The van der Waals surface area contributed by atoms with Crippen molar-refractivity contribution < 1.29 is 23.7 Å². The lowest BCUT2D eigenvalue weighted by molar-refractivity contribution is -0.937. The fraction of sp³-hybridized carbons (Fsp3) is 0.524. The van der Waals surface area contributed by atoms with Crippen molar-refractivity contribution in [3.05, 3.63) is 46.8 Å². The number of amides is 1. The fourth-order valence-electron chi connectivity index (χ4n) is 3.72. The SMILES string of the molecule is COc1ccc([C@H](CNC(=O)CCc2c(C)noc2C)[NH+]2CCOCC2)cc1. The van der Waals surface area contributed by atoms with Crippen LogP contribution in [0.5, 0.6) is 5.75 Å². The summed E-state index contributed by atoms with van der Waals surface area (Å²) in [6.45, 7) is 7.77. The summed E-state index contributed by atoms with van der Waals surface area (Å²) in [5, 5.41) is 7.08. The lowest BCUT2D eigenvalue weighted by Gasteiger charge is -2.32. The van der Waals surface area contributed by atoms with Gasteiger partial charge in [0, 0.05) is 17.5 Å². The van der Waals surface area contributed by atoms with Crippen LogP contribution in [-0.4, -0.2) is 51.0 Å². The topological polar surface area (TPSA) is 78.0 Å². The molecule has 0 saturated carbocycles. The van der Waals surface area contributed by atoms with E-state index in [1.807, 2.05) is 26.0 Å². The quantitative estimate of drug-likeness (QED) is 0.706. The summed E-state index contributed by atoms with van der Waals surface area (Å²) < 4.78 is 16.0. The van der Waals surface area contributed by atoms with Gasteiger partial charge < -0.3 is 24.2 Å². The van der Waals surface area contributed by atoms with Gasteiger partial charge in [-0.2, -0.15) is 0 Å². The molecule has 2 N–H and O–H groups in total. The van der Waals surface area contributed by atoms with E-state index in [0.717, 1.165) is 49.1 Å². The molecule has 1 aliphatic rings. The Balaban J connectivity index is 1.61. The predicted octanol–water partition coefficient (Wildman–Crippen LogP) is 1.01. The third-order valence-electron chi connectivity index (χ3n) is 5.43. The highest BCUT2D eigenvalue weighted by Gasteiger charge is 2.27. The average Bonchev–Trinajstić information content (AvgIpc) is 3.05. The Labute approximate surface area is 166 Å². The van der Waals surface area contributed by atoms with E-state index in [9.17, 15) is 4.79 Å². The van der Waals surface area contributed by atoms with Crippen LogP contribution in [0.15, 0.2) is 28.8 Å². The first-order chi connectivity index (χ1) is 13.6. The van der Waals surface area contributed by atoms with E-state index in [1.54, 1.807) is 7.11 Å². The molecule has 1 amide bonds. The largest absolute Gasteiger partial charge is 0.497 e. The monoisotopic (exact) mass is 388 g/mol. The first-order valence-corrected chi connectivity index (χ1v) is 9.83. The number of carbonyl (C=O) groups is 1. The molecule has 0 spiro atoms. The van der Waals surface area contributed by atoms with Gasteiger partial charge in [0.25, 0.3) is 0 Å². The van der Waals surface area contributed by atoms with Gasteiger partial charge in [-0.3, -0.25) is 4.79 Å². The van der Waals surface area contributed by atoms with Crippen LogP contribution in [0.25, 0.3) is 0 Å². The summed E-state index contributed by atoms with van der Waals surface area (Å²) >= 11 is 0. The molecule has 1 aromatic heterocycles. The Hall–Kier alpha value is -2.38. The molecule has 2 aromatic rings. The van der Waals surface area contributed by atoms with E-state index < -0.39 is 0 Å². The van der Waals surface area contributed by atoms with Gasteiger partial charge in [0.15, 0.2) is 0 Å². The molecule has 7 heteroatoms. The van der Waals surface area contributed by atoms with Crippen LogP contribution < -0.4 is 15.0 Å². The highest BCUT2D eigenvalue weighted by Crippen LogP contribution is 2.17. The number of nitrogens with zero attached hydrogens (tertiary/aromatic N) is 1. The summed E-state index contributed by atoms with van der Waals surface area (Å²) in [6.07, 6.45) is 1.07. The van der Waals surface area contributed by atoms with Crippen LogP contribution in [0, 0.1) is 13.8 Å². The fourth-order valence-corrected chi connectivity index (χ4v) is 3.72. The van der Waals surface area contributed by atoms with Crippen LogP contribution in [0.3, 0.4) is 0 Å². The maximum atomic E-state index is 12.5. The molecule has 152 valence electrons. The van der Waals surface area contributed by atoms with Crippen LogP contribution in [0.1, 0.15) is 35.0 Å². The zero-order valence-corrected chi connectivity index (χ0v) is 16.9. The molecular formula is C21H30N3O4+. The van der Waals surface area contributed by atoms with Gasteiger partial charge in [0.05, 0.1) is 32.6 Å².